The molecule has 0 unspecified atom stereocenters. The van der Waals surface area contributed by atoms with Gasteiger partial charge in [-0.15, -0.1) is 0 Å². The lowest BCUT2D eigenvalue weighted by Crippen LogP contribution is -2.46. The van der Waals surface area contributed by atoms with Gasteiger partial charge in [-0.25, -0.2) is 15.0 Å². The number of pyridine rings is 1. The molecule has 0 atom stereocenters. The molecule has 1 N–H and O–H groups in total. The van der Waals surface area contributed by atoms with Crippen LogP contribution >= 0.6 is 23.2 Å². The lowest BCUT2D eigenvalue weighted by atomic mass is 10.1. The minimum Gasteiger partial charge on any atom is -0.495 e. The van der Waals surface area contributed by atoms with Crippen molar-refractivity contribution in [3.8, 4) is 17.0 Å². The van der Waals surface area contributed by atoms with E-state index in [0.717, 1.165) is 54.6 Å². The monoisotopic (exact) mass is 484 g/mol. The molecule has 0 spiro atoms. The normalized spacial score (nSPS) is 14.2. The fourth-order valence-electron chi connectivity index (χ4n) is 4.11. The molecule has 1 aromatic carbocycles. The van der Waals surface area contributed by atoms with Crippen LogP contribution in [0.25, 0.3) is 16.9 Å². The van der Waals surface area contributed by atoms with Gasteiger partial charge in [0.1, 0.15) is 17.2 Å². The van der Waals surface area contributed by atoms with E-state index >= 15 is 0 Å². The highest BCUT2D eigenvalue weighted by atomic mass is 35.5. The number of rotatable bonds is 5. The number of aliphatic hydroxyl groups is 1. The summed E-state index contributed by atoms with van der Waals surface area (Å²) in [6.45, 7) is 3.25. The largest absolute Gasteiger partial charge is 0.495 e. The van der Waals surface area contributed by atoms with E-state index in [-0.39, 0.29) is 11.9 Å². The molecule has 170 valence electrons. The van der Waals surface area contributed by atoms with Crippen molar-refractivity contribution in [2.75, 3.05) is 43.1 Å². The molecule has 4 heterocycles. The minimum atomic E-state index is -0.135. The summed E-state index contributed by atoms with van der Waals surface area (Å²) in [6.07, 6.45) is 5.62. The maximum absolute atomic E-state index is 9.84. The number of piperazine rings is 1. The number of aliphatic hydroxyl groups excluding tert-OH is 1. The fourth-order valence-corrected chi connectivity index (χ4v) is 4.50. The van der Waals surface area contributed by atoms with Gasteiger partial charge < -0.3 is 24.0 Å². The van der Waals surface area contributed by atoms with Gasteiger partial charge in [-0.3, -0.25) is 0 Å². The van der Waals surface area contributed by atoms with Gasteiger partial charge in [-0.1, -0.05) is 11.6 Å². The summed E-state index contributed by atoms with van der Waals surface area (Å²) >= 11 is 12.3. The minimum absolute atomic E-state index is 0.135. The van der Waals surface area contributed by atoms with Crippen LogP contribution in [0.4, 0.5) is 11.5 Å². The number of hydrogen-bond acceptors (Lipinski definition) is 7. The first-order valence-corrected chi connectivity index (χ1v) is 11.3. The number of benzene rings is 1. The first-order chi connectivity index (χ1) is 16.1. The summed E-state index contributed by atoms with van der Waals surface area (Å²) in [6, 6.07) is 9.57. The number of anilines is 2. The van der Waals surface area contributed by atoms with Gasteiger partial charge in [0.2, 0.25) is 5.28 Å². The number of hydrogen-bond donors (Lipinski definition) is 1. The van der Waals surface area contributed by atoms with Gasteiger partial charge in [0.15, 0.2) is 0 Å². The summed E-state index contributed by atoms with van der Waals surface area (Å²) in [5.41, 5.74) is 4.16. The molecule has 3 aromatic heterocycles. The van der Waals surface area contributed by atoms with Crippen LogP contribution in [0.3, 0.4) is 0 Å². The lowest BCUT2D eigenvalue weighted by Gasteiger charge is -2.36. The van der Waals surface area contributed by atoms with E-state index in [0.29, 0.717) is 16.3 Å². The Balaban J connectivity index is 1.38. The third-order valence-electron chi connectivity index (χ3n) is 5.85. The van der Waals surface area contributed by atoms with E-state index in [1.165, 1.54) is 0 Å². The molecule has 8 nitrogen and oxygen atoms in total. The molecule has 1 saturated heterocycles. The molecule has 1 fully saturated rings. The molecule has 0 bridgehead atoms. The Labute approximate surface area is 201 Å². The highest BCUT2D eigenvalue weighted by molar-refractivity contribution is 6.32. The first kappa shape index (κ1) is 21.8. The van der Waals surface area contributed by atoms with Crippen LogP contribution in [0.5, 0.6) is 5.75 Å². The van der Waals surface area contributed by atoms with Crippen molar-refractivity contribution in [3.63, 3.8) is 0 Å². The molecule has 4 aromatic rings. The van der Waals surface area contributed by atoms with Crippen molar-refractivity contribution >= 4 is 40.4 Å². The van der Waals surface area contributed by atoms with E-state index in [2.05, 4.69) is 31.9 Å². The molecule has 0 radical (unpaired) electrons. The summed E-state index contributed by atoms with van der Waals surface area (Å²) in [5, 5.41) is 10.6. The Bertz CT molecular complexity index is 1300. The van der Waals surface area contributed by atoms with E-state index < -0.39 is 0 Å². The topological polar surface area (TPSA) is 79.0 Å². The average Bonchev–Trinajstić information content (AvgIpc) is 3.27. The summed E-state index contributed by atoms with van der Waals surface area (Å²) < 4.78 is 7.24. The molecule has 0 aliphatic carbocycles. The number of aromatic nitrogens is 4. The molecule has 0 amide bonds. The zero-order valence-corrected chi connectivity index (χ0v) is 19.5. The zero-order valence-electron chi connectivity index (χ0n) is 17.9. The van der Waals surface area contributed by atoms with Crippen molar-refractivity contribution in [2.45, 2.75) is 6.61 Å². The number of ether oxygens (including phenoxy) is 1. The SMILES string of the molecule is COc1cc(CO)c(-c2cn3ccc(N4CCN(c5ccnc(Cl)n5)CC4)cc3n2)cc1Cl. The van der Waals surface area contributed by atoms with E-state index in [9.17, 15) is 5.11 Å². The third kappa shape index (κ3) is 4.29. The number of nitrogens with zero attached hydrogens (tertiary/aromatic N) is 6. The van der Waals surface area contributed by atoms with Crippen LogP contribution < -0.4 is 14.5 Å². The molecular formula is C23H22Cl2N6O2. The van der Waals surface area contributed by atoms with Gasteiger partial charge in [0.25, 0.3) is 0 Å². The van der Waals surface area contributed by atoms with Crippen LogP contribution in [0.2, 0.25) is 10.3 Å². The van der Waals surface area contributed by atoms with Crippen LogP contribution in [-0.4, -0.2) is 57.7 Å². The average molecular weight is 485 g/mol. The number of imidazole rings is 1. The Morgan fingerprint density at radius 3 is 2.55 bits per heavy atom. The van der Waals surface area contributed by atoms with Gasteiger partial charge >= 0.3 is 0 Å². The van der Waals surface area contributed by atoms with Crippen molar-refractivity contribution in [1.29, 1.82) is 0 Å². The number of halogens is 2. The zero-order chi connectivity index (χ0) is 22.9. The summed E-state index contributed by atoms with van der Waals surface area (Å²) in [4.78, 5) is 17.6. The Morgan fingerprint density at radius 2 is 1.82 bits per heavy atom. The van der Waals surface area contributed by atoms with Crippen molar-refractivity contribution in [3.05, 3.63) is 64.8 Å². The fraction of sp³-hybridized carbons (Fsp3) is 0.261. The van der Waals surface area contributed by atoms with E-state index in [1.807, 2.05) is 22.9 Å². The first-order valence-electron chi connectivity index (χ1n) is 10.5. The summed E-state index contributed by atoms with van der Waals surface area (Å²) in [7, 11) is 1.55. The molecule has 1 aliphatic heterocycles. The van der Waals surface area contributed by atoms with Crippen molar-refractivity contribution in [2.24, 2.45) is 0 Å². The predicted octanol–water partition coefficient (Wildman–Crippen LogP) is 3.93. The smallest absolute Gasteiger partial charge is 0.224 e. The quantitative estimate of drug-likeness (QED) is 0.430. The Hall–Kier alpha value is -3.07. The predicted molar refractivity (Wildman–Crippen MR) is 130 cm³/mol. The van der Waals surface area contributed by atoms with Crippen molar-refractivity contribution < 1.29 is 9.84 Å². The molecule has 0 saturated carbocycles. The van der Waals surface area contributed by atoms with Gasteiger partial charge in [0.05, 0.1) is 24.4 Å². The Kier molecular flexibility index (Phi) is 5.97. The van der Waals surface area contributed by atoms with Gasteiger partial charge in [-0.05, 0) is 41.4 Å². The third-order valence-corrected chi connectivity index (χ3v) is 6.33. The standard InChI is InChI=1S/C23H22Cl2N6O2/c1-33-20-10-15(14-32)17(12-18(20)24)19-13-31-5-3-16(11-22(31)27-19)29-6-8-30(9-7-29)21-2-4-26-23(25)28-21/h2-5,10-13,32H,6-9,14H2,1H3. The second-order valence-corrected chi connectivity index (χ2v) is 8.48. The molecule has 10 heteroatoms. The number of methoxy groups -OCH3 is 1. The van der Waals surface area contributed by atoms with Crippen molar-refractivity contribution in [1.82, 2.24) is 19.4 Å². The van der Waals surface area contributed by atoms with Gasteiger partial charge in [0, 0.05) is 62.1 Å². The maximum Gasteiger partial charge on any atom is 0.224 e. The van der Waals surface area contributed by atoms with Crippen LogP contribution in [0.15, 0.2) is 48.9 Å². The van der Waals surface area contributed by atoms with E-state index in [1.54, 1.807) is 25.4 Å². The summed E-state index contributed by atoms with van der Waals surface area (Å²) in [5.74, 6) is 1.37. The van der Waals surface area contributed by atoms with Gasteiger partial charge in [-0.2, -0.15) is 0 Å². The molecule has 1 aliphatic rings. The highest BCUT2D eigenvalue weighted by Gasteiger charge is 2.20. The second kappa shape index (κ2) is 9.05. The van der Waals surface area contributed by atoms with E-state index in [4.69, 9.17) is 32.9 Å². The highest BCUT2D eigenvalue weighted by Crippen LogP contribution is 2.34. The van der Waals surface area contributed by atoms with Crippen LogP contribution in [0.1, 0.15) is 5.56 Å². The van der Waals surface area contributed by atoms with Crippen LogP contribution in [-0.2, 0) is 6.61 Å². The van der Waals surface area contributed by atoms with Crippen LogP contribution in [0, 0.1) is 0 Å². The lowest BCUT2D eigenvalue weighted by molar-refractivity contribution is 0.281. The second-order valence-electron chi connectivity index (χ2n) is 7.74. The molecule has 5 rings (SSSR count). The maximum atomic E-state index is 9.84. The Morgan fingerprint density at radius 1 is 1.03 bits per heavy atom. The molecular weight excluding hydrogens is 463 g/mol. The molecule has 33 heavy (non-hydrogen) atoms. The number of fused-ring (bicyclic) bond motifs is 1.